The van der Waals surface area contributed by atoms with Crippen molar-refractivity contribution in [2.75, 3.05) is 13.7 Å². The number of hydrogen-bond donors (Lipinski definition) is 1. The van der Waals surface area contributed by atoms with E-state index in [0.29, 0.717) is 6.04 Å². The summed E-state index contributed by atoms with van der Waals surface area (Å²) in [5, 5.41) is 8.98. The third-order valence-corrected chi connectivity index (χ3v) is 4.88. The van der Waals surface area contributed by atoms with Crippen molar-refractivity contribution in [3.63, 3.8) is 0 Å². The molecule has 1 N–H and O–H groups in total. The van der Waals surface area contributed by atoms with Gasteiger partial charge >= 0.3 is 0 Å². The summed E-state index contributed by atoms with van der Waals surface area (Å²) in [5.74, 6) is 0.979. The maximum atomic E-state index is 5.44. The van der Waals surface area contributed by atoms with E-state index in [-0.39, 0.29) is 0 Å². The summed E-state index contributed by atoms with van der Waals surface area (Å²) >= 11 is 3.48. The van der Waals surface area contributed by atoms with Gasteiger partial charge in [0.1, 0.15) is 5.75 Å². The van der Waals surface area contributed by atoms with Crippen molar-refractivity contribution >= 4 is 22.7 Å². The number of hydrogen-bond acceptors (Lipinski definition) is 5. The van der Waals surface area contributed by atoms with E-state index >= 15 is 0 Å². The van der Waals surface area contributed by atoms with Crippen LogP contribution in [-0.2, 0) is 6.42 Å². The van der Waals surface area contributed by atoms with E-state index in [4.69, 9.17) is 4.74 Å². The summed E-state index contributed by atoms with van der Waals surface area (Å²) in [4.78, 5) is 5.83. The van der Waals surface area contributed by atoms with Crippen LogP contribution >= 0.6 is 22.7 Å². The normalized spacial score (nSPS) is 12.6. The molecule has 2 aromatic rings. The van der Waals surface area contributed by atoms with E-state index in [2.05, 4.69) is 28.0 Å². The average molecular weight is 296 g/mol. The predicted molar refractivity (Wildman–Crippen MR) is 82.5 cm³/mol. The summed E-state index contributed by atoms with van der Waals surface area (Å²) in [6.45, 7) is 5.24. The highest BCUT2D eigenvalue weighted by Crippen LogP contribution is 2.33. The molecule has 19 heavy (non-hydrogen) atoms. The Morgan fingerprint density at radius 1 is 1.42 bits per heavy atom. The SMILES string of the molecule is CCCNC(Cc1nc(C)cs1)c1sccc1OC. The number of nitrogens with one attached hydrogen (secondary N) is 1. The van der Waals surface area contributed by atoms with Crippen LogP contribution in [0.5, 0.6) is 5.75 Å². The van der Waals surface area contributed by atoms with Crippen molar-refractivity contribution in [1.82, 2.24) is 10.3 Å². The number of rotatable bonds is 7. The molecule has 2 heterocycles. The Bertz CT molecular complexity index is 507. The first kappa shape index (κ1) is 14.5. The standard InChI is InChI=1S/C14H20N2OS2/c1-4-6-15-11(8-13-16-10(2)9-19-13)14-12(17-3)5-7-18-14/h5,7,9,11,15H,4,6,8H2,1-3H3. The molecule has 0 saturated heterocycles. The summed E-state index contributed by atoms with van der Waals surface area (Å²) in [7, 11) is 1.73. The average Bonchev–Trinajstić information content (AvgIpc) is 3.03. The van der Waals surface area contributed by atoms with Gasteiger partial charge in [0.2, 0.25) is 0 Å². The monoisotopic (exact) mass is 296 g/mol. The molecule has 0 saturated carbocycles. The number of nitrogens with zero attached hydrogens (tertiary/aromatic N) is 1. The first-order valence-electron chi connectivity index (χ1n) is 6.50. The molecule has 1 unspecified atom stereocenters. The van der Waals surface area contributed by atoms with Crippen LogP contribution in [0, 0.1) is 6.92 Å². The zero-order valence-electron chi connectivity index (χ0n) is 11.6. The largest absolute Gasteiger partial charge is 0.496 e. The van der Waals surface area contributed by atoms with Crippen molar-refractivity contribution in [2.24, 2.45) is 0 Å². The van der Waals surface area contributed by atoms with E-state index in [0.717, 1.165) is 30.8 Å². The third kappa shape index (κ3) is 3.78. The summed E-state index contributed by atoms with van der Waals surface area (Å²) in [6.07, 6.45) is 2.05. The molecular formula is C14H20N2OS2. The summed E-state index contributed by atoms with van der Waals surface area (Å²) in [5.41, 5.74) is 1.10. The lowest BCUT2D eigenvalue weighted by Gasteiger charge is -2.17. The lowest BCUT2D eigenvalue weighted by Crippen LogP contribution is -2.23. The van der Waals surface area contributed by atoms with Crippen LogP contribution in [0.1, 0.15) is 35.0 Å². The number of thiophene rings is 1. The van der Waals surface area contributed by atoms with Gasteiger partial charge in [-0.1, -0.05) is 6.92 Å². The van der Waals surface area contributed by atoms with E-state index in [1.807, 2.05) is 13.0 Å². The molecule has 0 radical (unpaired) electrons. The van der Waals surface area contributed by atoms with Crippen LogP contribution in [0.4, 0.5) is 0 Å². The highest BCUT2D eigenvalue weighted by molar-refractivity contribution is 7.10. The van der Waals surface area contributed by atoms with Crippen molar-refractivity contribution in [3.8, 4) is 5.75 Å². The number of thiazole rings is 1. The van der Waals surface area contributed by atoms with E-state index in [1.165, 1.54) is 9.88 Å². The molecular weight excluding hydrogens is 276 g/mol. The quantitative estimate of drug-likeness (QED) is 0.843. The second-order valence-electron chi connectivity index (χ2n) is 4.45. The molecule has 0 aliphatic rings. The molecule has 0 aliphatic heterocycles. The Morgan fingerprint density at radius 2 is 2.26 bits per heavy atom. The number of ether oxygens (including phenoxy) is 1. The maximum Gasteiger partial charge on any atom is 0.134 e. The van der Waals surface area contributed by atoms with Crippen molar-refractivity contribution in [2.45, 2.75) is 32.7 Å². The van der Waals surface area contributed by atoms with Gasteiger partial charge in [0.15, 0.2) is 0 Å². The topological polar surface area (TPSA) is 34.2 Å². The first-order valence-corrected chi connectivity index (χ1v) is 8.26. The van der Waals surface area contributed by atoms with Gasteiger partial charge in [-0.15, -0.1) is 22.7 Å². The maximum absolute atomic E-state index is 5.44. The molecule has 5 heteroatoms. The van der Waals surface area contributed by atoms with Gasteiger partial charge in [-0.25, -0.2) is 4.98 Å². The molecule has 0 bridgehead atoms. The summed E-state index contributed by atoms with van der Waals surface area (Å²) in [6, 6.07) is 2.33. The molecule has 3 nitrogen and oxygen atoms in total. The van der Waals surface area contributed by atoms with Crippen LogP contribution in [0.25, 0.3) is 0 Å². The minimum absolute atomic E-state index is 0.292. The molecule has 0 aromatic carbocycles. The van der Waals surface area contributed by atoms with Crippen LogP contribution in [0.15, 0.2) is 16.8 Å². The molecule has 2 aromatic heterocycles. The smallest absolute Gasteiger partial charge is 0.134 e. The zero-order valence-corrected chi connectivity index (χ0v) is 13.2. The Balaban J connectivity index is 2.15. The molecule has 0 amide bonds. The van der Waals surface area contributed by atoms with Crippen LogP contribution in [-0.4, -0.2) is 18.6 Å². The van der Waals surface area contributed by atoms with Gasteiger partial charge in [-0.05, 0) is 31.3 Å². The van der Waals surface area contributed by atoms with Gasteiger partial charge in [-0.2, -0.15) is 0 Å². The first-order chi connectivity index (χ1) is 9.24. The lowest BCUT2D eigenvalue weighted by molar-refractivity contribution is 0.402. The van der Waals surface area contributed by atoms with E-state index in [9.17, 15) is 0 Å². The van der Waals surface area contributed by atoms with Crippen LogP contribution in [0.2, 0.25) is 0 Å². The number of methoxy groups -OCH3 is 1. The van der Waals surface area contributed by atoms with Crippen molar-refractivity contribution < 1.29 is 4.74 Å². The number of aryl methyl sites for hydroxylation is 1. The van der Waals surface area contributed by atoms with Crippen LogP contribution < -0.4 is 10.1 Å². The Kier molecular flexibility index (Phi) is 5.36. The third-order valence-electron chi connectivity index (χ3n) is 2.88. The fraction of sp³-hybridized carbons (Fsp3) is 0.500. The predicted octanol–water partition coefficient (Wildman–Crippen LogP) is 3.81. The molecule has 0 aliphatic carbocycles. The Morgan fingerprint density at radius 3 is 2.89 bits per heavy atom. The van der Waals surface area contributed by atoms with Gasteiger partial charge in [-0.3, -0.25) is 0 Å². The van der Waals surface area contributed by atoms with E-state index in [1.54, 1.807) is 29.8 Å². The minimum atomic E-state index is 0.292. The van der Waals surface area contributed by atoms with Crippen molar-refractivity contribution in [1.29, 1.82) is 0 Å². The fourth-order valence-corrected chi connectivity index (χ4v) is 3.73. The van der Waals surface area contributed by atoms with Gasteiger partial charge in [0.25, 0.3) is 0 Å². The highest BCUT2D eigenvalue weighted by atomic mass is 32.1. The number of aromatic nitrogens is 1. The zero-order chi connectivity index (χ0) is 13.7. The van der Waals surface area contributed by atoms with Gasteiger partial charge < -0.3 is 10.1 Å². The van der Waals surface area contributed by atoms with Crippen LogP contribution in [0.3, 0.4) is 0 Å². The van der Waals surface area contributed by atoms with Crippen molar-refractivity contribution in [3.05, 3.63) is 32.4 Å². The molecule has 1 atom stereocenters. The van der Waals surface area contributed by atoms with Gasteiger partial charge in [0.05, 0.1) is 23.0 Å². The molecule has 0 fully saturated rings. The second kappa shape index (κ2) is 7.03. The molecule has 0 spiro atoms. The highest BCUT2D eigenvalue weighted by Gasteiger charge is 2.18. The fourth-order valence-electron chi connectivity index (χ4n) is 1.98. The molecule has 104 valence electrons. The molecule has 2 rings (SSSR count). The summed E-state index contributed by atoms with van der Waals surface area (Å²) < 4.78 is 5.44. The van der Waals surface area contributed by atoms with E-state index < -0.39 is 0 Å². The van der Waals surface area contributed by atoms with Gasteiger partial charge in [0, 0.05) is 17.5 Å². The Hall–Kier alpha value is -0.910. The minimum Gasteiger partial charge on any atom is -0.496 e. The Labute approximate surface area is 122 Å². The second-order valence-corrected chi connectivity index (χ2v) is 6.34. The lowest BCUT2D eigenvalue weighted by atomic mass is 10.1.